The third-order valence-corrected chi connectivity index (χ3v) is 5.17. The van der Waals surface area contributed by atoms with E-state index in [1.165, 1.54) is 6.07 Å². The lowest BCUT2D eigenvalue weighted by molar-refractivity contribution is -0.195. The van der Waals surface area contributed by atoms with Crippen LogP contribution in [0, 0.1) is 0 Å². The number of carbonyl (C=O) groups excluding carboxylic acids is 1. The highest BCUT2D eigenvalue weighted by molar-refractivity contribution is 6.15. The summed E-state index contributed by atoms with van der Waals surface area (Å²) in [6.45, 7) is 3.16. The van der Waals surface area contributed by atoms with Gasteiger partial charge in [0.25, 0.3) is 5.41 Å². The molecule has 1 atom stereocenters. The number of para-hydroxylation sites is 1. The smallest absolute Gasteiger partial charge is 0.419 e. The van der Waals surface area contributed by atoms with E-state index in [1.807, 2.05) is 0 Å². The maximum absolute atomic E-state index is 14.8. The predicted octanol–water partition coefficient (Wildman–Crippen LogP) is 4.57. The molecule has 0 spiro atoms. The fourth-order valence-corrected chi connectivity index (χ4v) is 3.78. The van der Waals surface area contributed by atoms with Crippen LogP contribution in [0.1, 0.15) is 19.5 Å². The van der Waals surface area contributed by atoms with Crippen LogP contribution in [-0.4, -0.2) is 42.3 Å². The second-order valence-electron chi connectivity index (χ2n) is 7.78. The topological polar surface area (TPSA) is 60.8 Å². The Labute approximate surface area is 170 Å². The minimum atomic E-state index is -5.11. The van der Waals surface area contributed by atoms with Gasteiger partial charge in [-0.1, -0.05) is 42.5 Å². The van der Waals surface area contributed by atoms with E-state index in [4.69, 9.17) is 4.74 Å². The Morgan fingerprint density at radius 3 is 2.20 bits per heavy atom. The van der Waals surface area contributed by atoms with Gasteiger partial charge in [-0.15, -0.1) is 0 Å². The molecular weight excluding hydrogens is 397 g/mol. The third-order valence-electron chi connectivity index (χ3n) is 5.17. The first-order valence-corrected chi connectivity index (χ1v) is 9.28. The van der Waals surface area contributed by atoms with Crippen LogP contribution < -0.4 is 0 Å². The van der Waals surface area contributed by atoms with E-state index < -0.39 is 34.7 Å². The van der Waals surface area contributed by atoms with E-state index in [1.54, 1.807) is 56.3 Å². The minimum Gasteiger partial charge on any atom is -0.477 e. The molecule has 0 amide bonds. The maximum Gasteiger partial charge on any atom is 0.419 e. The van der Waals surface area contributed by atoms with Gasteiger partial charge in [0.05, 0.1) is 23.9 Å². The monoisotopic (exact) mass is 416 g/mol. The van der Waals surface area contributed by atoms with Gasteiger partial charge in [0.2, 0.25) is 5.90 Å². The number of pyridine rings is 1. The molecule has 1 aromatic heterocycles. The highest BCUT2D eigenvalue weighted by Gasteiger charge is 2.70. The third kappa shape index (κ3) is 2.81. The second-order valence-corrected chi connectivity index (χ2v) is 7.78. The lowest BCUT2D eigenvalue weighted by atomic mass is 9.79. The molecule has 4 rings (SSSR count). The number of methoxy groups -OCH3 is 1. The van der Waals surface area contributed by atoms with E-state index >= 15 is 0 Å². The molecule has 2 aromatic carbocycles. The number of hydrogen-bond donors (Lipinski definition) is 0. The van der Waals surface area contributed by atoms with Crippen LogP contribution in [0.4, 0.5) is 13.2 Å². The molecule has 0 saturated heterocycles. The molecule has 156 valence electrons. The summed E-state index contributed by atoms with van der Waals surface area (Å²) in [5.41, 5.74) is -4.40. The van der Waals surface area contributed by atoms with Crippen molar-refractivity contribution in [1.82, 2.24) is 4.98 Å². The number of nitrogens with zero attached hydrogens (tertiary/aromatic N) is 2. The largest absolute Gasteiger partial charge is 0.477 e. The molecule has 3 aromatic rings. The molecular formula is C22H19F3N2O3. The molecule has 0 aliphatic carbocycles. The molecule has 0 saturated carbocycles. The van der Waals surface area contributed by atoms with E-state index in [-0.39, 0.29) is 12.0 Å². The van der Waals surface area contributed by atoms with Gasteiger partial charge in [0, 0.05) is 10.8 Å². The molecule has 0 N–H and O–H groups in total. The van der Waals surface area contributed by atoms with Gasteiger partial charge in [-0.2, -0.15) is 13.2 Å². The second kappa shape index (κ2) is 6.68. The van der Waals surface area contributed by atoms with E-state index in [2.05, 4.69) is 14.7 Å². The van der Waals surface area contributed by atoms with Crippen LogP contribution >= 0.6 is 0 Å². The summed E-state index contributed by atoms with van der Waals surface area (Å²) in [5.74, 6) is -2.29. The number of aromatic nitrogens is 1. The summed E-state index contributed by atoms with van der Waals surface area (Å²) in [7, 11) is 0.909. The van der Waals surface area contributed by atoms with Crippen molar-refractivity contribution in [2.45, 2.75) is 31.0 Å². The number of halogens is 3. The fourth-order valence-electron chi connectivity index (χ4n) is 3.78. The van der Waals surface area contributed by atoms with Crippen molar-refractivity contribution in [1.29, 1.82) is 0 Å². The summed E-state index contributed by atoms with van der Waals surface area (Å²) < 4.78 is 54.6. The number of rotatable bonds is 3. The molecule has 0 bridgehead atoms. The summed E-state index contributed by atoms with van der Waals surface area (Å²) >= 11 is 0. The zero-order valence-corrected chi connectivity index (χ0v) is 16.6. The van der Waals surface area contributed by atoms with Gasteiger partial charge in [-0.3, -0.25) is 9.78 Å². The molecule has 5 nitrogen and oxygen atoms in total. The summed E-state index contributed by atoms with van der Waals surface area (Å²) in [6, 6.07) is 13.4. The first kappa shape index (κ1) is 20.1. The van der Waals surface area contributed by atoms with Crippen molar-refractivity contribution >= 4 is 33.5 Å². The Morgan fingerprint density at radius 1 is 1.03 bits per heavy atom. The molecule has 2 heterocycles. The predicted molar refractivity (Wildman–Crippen MR) is 106 cm³/mol. The van der Waals surface area contributed by atoms with Crippen LogP contribution in [0.5, 0.6) is 0 Å². The highest BCUT2D eigenvalue weighted by atomic mass is 19.4. The number of benzene rings is 2. The first-order chi connectivity index (χ1) is 14.1. The standard InChI is InChI=1S/C22H19F3N2O3/c1-20(2)12-30-18(27-20)21(19(28)29-3,22(23,24)25)17-15-10-5-4-8-13(15)14-9-6-7-11-16(14)26-17/h4-11H,12H2,1-3H3. The van der Waals surface area contributed by atoms with Crippen LogP contribution in [0.3, 0.4) is 0 Å². The lowest BCUT2D eigenvalue weighted by Crippen LogP contribution is -2.56. The minimum absolute atomic E-state index is 0.0946. The number of carbonyl (C=O) groups is 1. The van der Waals surface area contributed by atoms with Crippen molar-refractivity contribution in [3.05, 3.63) is 54.2 Å². The number of ether oxygens (including phenoxy) is 2. The van der Waals surface area contributed by atoms with Crippen LogP contribution in [0.15, 0.2) is 53.5 Å². The summed E-state index contributed by atoms with van der Waals surface area (Å²) in [6.07, 6.45) is -5.11. The summed E-state index contributed by atoms with van der Waals surface area (Å²) in [5, 5.41) is 1.39. The zero-order valence-electron chi connectivity index (χ0n) is 16.6. The Hall–Kier alpha value is -3.16. The maximum atomic E-state index is 14.8. The van der Waals surface area contributed by atoms with E-state index in [9.17, 15) is 18.0 Å². The van der Waals surface area contributed by atoms with Gasteiger partial charge in [-0.25, -0.2) is 4.99 Å². The number of esters is 1. The Balaban J connectivity index is 2.20. The quantitative estimate of drug-likeness (QED) is 0.464. The van der Waals surface area contributed by atoms with Crippen LogP contribution in [0.25, 0.3) is 21.7 Å². The number of alkyl halides is 3. The molecule has 8 heteroatoms. The average molecular weight is 416 g/mol. The molecule has 0 fully saturated rings. The number of aliphatic imine (C=N–C) groups is 1. The number of fused-ring (bicyclic) bond motifs is 3. The average Bonchev–Trinajstić information content (AvgIpc) is 3.07. The SMILES string of the molecule is COC(=O)C(C1=NC(C)(C)CO1)(c1nc2ccccc2c2ccccc12)C(F)(F)F. The normalized spacial score (nSPS) is 18.0. The van der Waals surface area contributed by atoms with Gasteiger partial charge in [0.15, 0.2) is 0 Å². The summed E-state index contributed by atoms with van der Waals surface area (Å²) in [4.78, 5) is 21.4. The molecule has 30 heavy (non-hydrogen) atoms. The Morgan fingerprint density at radius 2 is 1.63 bits per heavy atom. The first-order valence-electron chi connectivity index (χ1n) is 9.28. The Kier molecular flexibility index (Phi) is 4.48. The van der Waals surface area contributed by atoms with Crippen molar-refractivity contribution in [3.8, 4) is 0 Å². The van der Waals surface area contributed by atoms with Crippen molar-refractivity contribution < 1.29 is 27.4 Å². The molecule has 1 unspecified atom stereocenters. The molecule has 1 aliphatic heterocycles. The number of hydrogen-bond acceptors (Lipinski definition) is 5. The van der Waals surface area contributed by atoms with Crippen LogP contribution in [-0.2, 0) is 19.7 Å². The molecule has 0 radical (unpaired) electrons. The van der Waals surface area contributed by atoms with Gasteiger partial charge < -0.3 is 9.47 Å². The zero-order chi connectivity index (χ0) is 21.7. The van der Waals surface area contributed by atoms with Crippen molar-refractivity contribution in [3.63, 3.8) is 0 Å². The highest BCUT2D eigenvalue weighted by Crippen LogP contribution is 2.48. The van der Waals surface area contributed by atoms with Gasteiger partial charge >= 0.3 is 12.1 Å². The van der Waals surface area contributed by atoms with E-state index in [0.29, 0.717) is 16.3 Å². The van der Waals surface area contributed by atoms with Crippen LogP contribution in [0.2, 0.25) is 0 Å². The molecule has 1 aliphatic rings. The van der Waals surface area contributed by atoms with Gasteiger partial charge in [-0.05, 0) is 25.3 Å². The van der Waals surface area contributed by atoms with Crippen molar-refractivity contribution in [2.24, 2.45) is 4.99 Å². The van der Waals surface area contributed by atoms with Gasteiger partial charge in [0.1, 0.15) is 6.61 Å². The lowest BCUT2D eigenvalue weighted by Gasteiger charge is -2.32. The van der Waals surface area contributed by atoms with Crippen molar-refractivity contribution in [2.75, 3.05) is 13.7 Å². The Bertz CT molecular complexity index is 1190. The van der Waals surface area contributed by atoms with E-state index in [0.717, 1.165) is 7.11 Å². The fraction of sp³-hybridized carbons (Fsp3) is 0.318.